The molecule has 0 amide bonds. The van der Waals surface area contributed by atoms with Crippen molar-refractivity contribution >= 4 is 55.0 Å². The summed E-state index contributed by atoms with van der Waals surface area (Å²) in [6, 6.07) is 1.05. The van der Waals surface area contributed by atoms with Crippen LogP contribution in [0.15, 0.2) is 26.3 Å². The van der Waals surface area contributed by atoms with Gasteiger partial charge in [0, 0.05) is 23.3 Å². The lowest BCUT2D eigenvalue weighted by Crippen LogP contribution is -2.46. The van der Waals surface area contributed by atoms with Crippen molar-refractivity contribution in [1.29, 1.82) is 0 Å². The minimum Gasteiger partial charge on any atom is -0.506 e. The summed E-state index contributed by atoms with van der Waals surface area (Å²) in [4.78, 5) is 12.3. The predicted octanol–water partition coefficient (Wildman–Crippen LogP) is 3.15. The first-order valence-electron chi connectivity index (χ1n) is 6.63. The molecule has 4 N–H and O–H groups in total. The third-order valence-corrected chi connectivity index (χ3v) is 5.37. The van der Waals surface area contributed by atoms with Gasteiger partial charge in [-0.2, -0.15) is 0 Å². The highest BCUT2D eigenvalue weighted by Crippen LogP contribution is 2.46. The van der Waals surface area contributed by atoms with Gasteiger partial charge in [0.15, 0.2) is 10.9 Å². The Hall–Kier alpha value is -1.12. The van der Waals surface area contributed by atoms with Gasteiger partial charge in [-0.25, -0.2) is 0 Å². The molecule has 1 unspecified atom stereocenters. The lowest BCUT2D eigenvalue weighted by molar-refractivity contribution is -0.116. The molecule has 8 heteroatoms. The smallest absolute Gasteiger partial charge is 0.171 e. The average Bonchev–Trinajstić information content (AvgIpc) is 2.48. The van der Waals surface area contributed by atoms with Gasteiger partial charge in [0.1, 0.15) is 16.0 Å². The van der Waals surface area contributed by atoms with Crippen LogP contribution in [0, 0.1) is 0 Å². The van der Waals surface area contributed by atoms with Crippen LogP contribution in [-0.2, 0) is 4.79 Å². The highest BCUT2D eigenvalue weighted by atomic mass is 79.9. The van der Waals surface area contributed by atoms with Gasteiger partial charge in [0.2, 0.25) is 0 Å². The Morgan fingerprint density at radius 1 is 1.23 bits per heavy atom. The fourth-order valence-corrected chi connectivity index (χ4v) is 4.17. The first kappa shape index (κ1) is 15.8. The molecule has 3 rings (SSSR count). The molecule has 1 heterocycles. The molecule has 0 aromatic heterocycles. The minimum absolute atomic E-state index is 0.0356. The Labute approximate surface area is 149 Å². The summed E-state index contributed by atoms with van der Waals surface area (Å²) >= 11 is 11.6. The van der Waals surface area contributed by atoms with E-state index >= 15 is 0 Å². The number of phenolic OH excluding ortho intramolecular Hbond substituents is 2. The number of rotatable bonds is 1. The van der Waals surface area contributed by atoms with Crippen LogP contribution in [0.1, 0.15) is 30.9 Å². The number of carbonyl (C=O) groups excluding carboxylic acids is 1. The first-order valence-corrected chi connectivity index (χ1v) is 8.63. The molecule has 0 radical (unpaired) electrons. The van der Waals surface area contributed by atoms with Gasteiger partial charge in [-0.3, -0.25) is 4.79 Å². The molecule has 2 aliphatic rings. The summed E-state index contributed by atoms with van der Waals surface area (Å²) in [6.45, 7) is 0. The zero-order valence-electron chi connectivity index (χ0n) is 11.2. The summed E-state index contributed by atoms with van der Waals surface area (Å²) < 4.78 is 0.595. The number of phenols is 2. The third-order valence-electron chi connectivity index (χ3n) is 3.79. The molecule has 116 valence electrons. The fourth-order valence-electron chi connectivity index (χ4n) is 2.78. The molecular weight excluding hydrogens is 436 g/mol. The maximum absolute atomic E-state index is 12.3. The van der Waals surface area contributed by atoms with Crippen molar-refractivity contribution in [3.63, 3.8) is 0 Å². The maximum Gasteiger partial charge on any atom is 0.171 e. The number of Topliss-reactive ketones (excluding diaryl/α,β-unsaturated/α-hetero) is 1. The van der Waals surface area contributed by atoms with E-state index in [0.717, 1.165) is 18.5 Å². The molecule has 1 aliphatic carbocycles. The number of aromatic hydroxyl groups is 2. The summed E-state index contributed by atoms with van der Waals surface area (Å²) in [5.74, 6) is -0.177. The van der Waals surface area contributed by atoms with E-state index in [0.29, 0.717) is 27.1 Å². The lowest BCUT2D eigenvalue weighted by atomic mass is 9.85. The van der Waals surface area contributed by atoms with Gasteiger partial charge >= 0.3 is 0 Å². The number of hydrogen-bond acceptors (Lipinski definition) is 4. The van der Waals surface area contributed by atoms with E-state index in [1.807, 2.05) is 0 Å². The van der Waals surface area contributed by atoms with Crippen molar-refractivity contribution in [2.75, 3.05) is 0 Å². The van der Waals surface area contributed by atoms with Gasteiger partial charge in [-0.05, 0) is 63.0 Å². The van der Waals surface area contributed by atoms with Crippen molar-refractivity contribution in [2.24, 2.45) is 0 Å². The summed E-state index contributed by atoms with van der Waals surface area (Å²) in [7, 11) is 0. The number of hydrogen-bond donors (Lipinski definition) is 4. The van der Waals surface area contributed by atoms with Crippen LogP contribution < -0.4 is 10.6 Å². The van der Waals surface area contributed by atoms with E-state index in [-0.39, 0.29) is 21.8 Å². The van der Waals surface area contributed by atoms with E-state index in [9.17, 15) is 15.0 Å². The second kappa shape index (κ2) is 5.82. The zero-order chi connectivity index (χ0) is 16.0. The number of ketones is 1. The summed E-state index contributed by atoms with van der Waals surface area (Å²) in [5.41, 5.74) is 1.88. The maximum atomic E-state index is 12.3. The van der Waals surface area contributed by atoms with E-state index in [1.54, 1.807) is 6.07 Å². The Kier molecular flexibility index (Phi) is 4.17. The van der Waals surface area contributed by atoms with Gasteiger partial charge in [0.05, 0.1) is 10.5 Å². The van der Waals surface area contributed by atoms with Crippen LogP contribution in [-0.4, -0.2) is 21.1 Å². The highest BCUT2D eigenvalue weighted by Gasteiger charge is 2.35. The normalized spacial score (nSPS) is 21.3. The molecule has 0 spiro atoms. The summed E-state index contributed by atoms with van der Waals surface area (Å²) in [5, 5.41) is 26.7. The van der Waals surface area contributed by atoms with Crippen molar-refractivity contribution in [3.8, 4) is 11.5 Å². The van der Waals surface area contributed by atoms with Crippen molar-refractivity contribution < 1.29 is 15.0 Å². The van der Waals surface area contributed by atoms with Crippen LogP contribution in [0.4, 0.5) is 0 Å². The quantitative estimate of drug-likeness (QED) is 0.495. The summed E-state index contributed by atoms with van der Waals surface area (Å²) in [6.07, 6.45) is 2.02. The lowest BCUT2D eigenvalue weighted by Gasteiger charge is -2.34. The van der Waals surface area contributed by atoms with Gasteiger partial charge in [0.25, 0.3) is 0 Å². The molecule has 1 aromatic rings. The monoisotopic (exact) mass is 446 g/mol. The van der Waals surface area contributed by atoms with Crippen LogP contribution >= 0.6 is 44.1 Å². The van der Waals surface area contributed by atoms with E-state index < -0.39 is 6.04 Å². The molecule has 0 fully saturated rings. The molecule has 1 atom stereocenters. The number of nitrogens with one attached hydrogen (secondary N) is 2. The molecule has 1 aliphatic heterocycles. The third kappa shape index (κ3) is 2.53. The standard InChI is InChI=1S/C14H12Br2N2O3S/c15-6-4-5(12(20)10(16)13(6)21)11-9-7(17-14(22)18-11)2-1-3-8(9)19/h4,11,20-21H,1-3H2,(H2,17,18,22). The predicted molar refractivity (Wildman–Crippen MR) is 92.7 cm³/mol. The Morgan fingerprint density at radius 3 is 2.68 bits per heavy atom. The van der Waals surface area contributed by atoms with E-state index in [1.165, 1.54) is 0 Å². The number of carbonyl (C=O) groups is 1. The number of halogens is 2. The van der Waals surface area contributed by atoms with E-state index in [2.05, 4.69) is 42.5 Å². The highest BCUT2D eigenvalue weighted by molar-refractivity contribution is 9.11. The zero-order valence-corrected chi connectivity index (χ0v) is 15.2. The van der Waals surface area contributed by atoms with Crippen LogP contribution in [0.25, 0.3) is 0 Å². The molecule has 1 aromatic carbocycles. The van der Waals surface area contributed by atoms with Crippen LogP contribution in [0.3, 0.4) is 0 Å². The van der Waals surface area contributed by atoms with E-state index in [4.69, 9.17) is 12.2 Å². The topological polar surface area (TPSA) is 81.6 Å². The molecule has 5 nitrogen and oxygen atoms in total. The fraction of sp³-hybridized carbons (Fsp3) is 0.286. The molecule has 0 bridgehead atoms. The Bertz CT molecular complexity index is 733. The SMILES string of the molecule is O=C1CCCC2=C1C(c1cc(Br)c(O)c(Br)c1O)NC(=S)N2. The number of allylic oxidation sites excluding steroid dienone is 1. The molecular formula is C14H12Br2N2O3S. The first-order chi connectivity index (χ1) is 10.4. The van der Waals surface area contributed by atoms with Crippen molar-refractivity contribution in [2.45, 2.75) is 25.3 Å². The van der Waals surface area contributed by atoms with Gasteiger partial charge in [-0.15, -0.1) is 0 Å². The van der Waals surface area contributed by atoms with Gasteiger partial charge < -0.3 is 20.8 Å². The molecule has 0 saturated heterocycles. The minimum atomic E-state index is -0.537. The van der Waals surface area contributed by atoms with Gasteiger partial charge in [-0.1, -0.05) is 0 Å². The second-order valence-electron chi connectivity index (χ2n) is 5.16. The number of thiocarbonyl (C=S) groups is 1. The molecule has 22 heavy (non-hydrogen) atoms. The average molecular weight is 448 g/mol. The Morgan fingerprint density at radius 2 is 1.95 bits per heavy atom. The van der Waals surface area contributed by atoms with Crippen molar-refractivity contribution in [3.05, 3.63) is 31.8 Å². The van der Waals surface area contributed by atoms with Crippen LogP contribution in [0.2, 0.25) is 0 Å². The Balaban J connectivity index is 2.18. The van der Waals surface area contributed by atoms with Crippen LogP contribution in [0.5, 0.6) is 11.5 Å². The molecule has 0 saturated carbocycles. The largest absolute Gasteiger partial charge is 0.506 e. The van der Waals surface area contributed by atoms with Crippen molar-refractivity contribution in [1.82, 2.24) is 10.6 Å². The second-order valence-corrected chi connectivity index (χ2v) is 7.21. The number of benzene rings is 1.